The van der Waals surface area contributed by atoms with Gasteiger partial charge in [-0.05, 0) is 48.1 Å². The van der Waals surface area contributed by atoms with Gasteiger partial charge in [-0.25, -0.2) is 0 Å². The van der Waals surface area contributed by atoms with Gasteiger partial charge in [-0.3, -0.25) is 15.2 Å². The Bertz CT molecular complexity index is 951. The number of carbonyl (C=O) groups is 1. The largest absolute Gasteiger partial charge is 0.481 e. The number of carboxylic acid groups (broad SMARTS) is 1. The second-order valence-electron chi connectivity index (χ2n) is 8.54. The normalized spacial score (nSPS) is 16.7. The van der Waals surface area contributed by atoms with Gasteiger partial charge < -0.3 is 26.0 Å². The quantitative estimate of drug-likeness (QED) is 0.360. The Morgan fingerprint density at radius 2 is 1.82 bits per heavy atom. The van der Waals surface area contributed by atoms with Crippen molar-refractivity contribution in [2.75, 3.05) is 31.1 Å². The van der Waals surface area contributed by atoms with Crippen molar-refractivity contribution >= 4 is 42.4 Å². The molecule has 180 valence electrons. The fourth-order valence-electron chi connectivity index (χ4n) is 4.59. The van der Waals surface area contributed by atoms with Crippen LogP contribution in [0, 0.1) is 10.8 Å². The molecule has 1 aromatic heterocycles. The molecule has 1 fully saturated rings. The van der Waals surface area contributed by atoms with E-state index in [4.69, 9.17) is 11.1 Å². The van der Waals surface area contributed by atoms with Crippen LogP contribution in [0.25, 0.3) is 0 Å². The van der Waals surface area contributed by atoms with Gasteiger partial charge in [0.2, 0.25) is 0 Å². The van der Waals surface area contributed by atoms with Gasteiger partial charge >= 0.3 is 5.97 Å². The molecule has 4 rings (SSSR count). The Kier molecular flexibility index (Phi) is 9.34. The van der Waals surface area contributed by atoms with Gasteiger partial charge in [0.05, 0.1) is 5.41 Å². The van der Waals surface area contributed by atoms with E-state index in [2.05, 4.69) is 33.4 Å². The van der Waals surface area contributed by atoms with E-state index in [-0.39, 0.29) is 30.8 Å². The van der Waals surface area contributed by atoms with Crippen LogP contribution in [-0.2, 0) is 24.3 Å². The van der Waals surface area contributed by atoms with E-state index in [1.54, 1.807) is 12.4 Å². The average Bonchev–Trinajstić information content (AvgIpc) is 2.79. The van der Waals surface area contributed by atoms with E-state index in [1.807, 2.05) is 17.0 Å². The van der Waals surface area contributed by atoms with E-state index in [0.717, 1.165) is 37.3 Å². The van der Waals surface area contributed by atoms with Gasteiger partial charge in [-0.1, -0.05) is 18.2 Å². The SMILES string of the molecule is Cl.Cl.N=C(N)N1CCc2ccc(CNCC3(C(=O)O)CCN(c4ccncc4)CC3)cc2C1. The number of carboxylic acids is 1. The highest BCUT2D eigenvalue weighted by molar-refractivity contribution is 5.85. The molecular weight excluding hydrogens is 463 g/mol. The number of halogens is 2. The van der Waals surface area contributed by atoms with Crippen molar-refractivity contribution in [3.63, 3.8) is 0 Å². The summed E-state index contributed by atoms with van der Waals surface area (Å²) in [6.07, 6.45) is 5.64. The van der Waals surface area contributed by atoms with Crippen molar-refractivity contribution in [1.29, 1.82) is 5.41 Å². The Balaban J connectivity index is 0.00000193. The third-order valence-corrected chi connectivity index (χ3v) is 6.62. The van der Waals surface area contributed by atoms with Crippen LogP contribution in [0.2, 0.25) is 0 Å². The number of nitrogens with two attached hydrogens (primary N) is 1. The average molecular weight is 495 g/mol. The Morgan fingerprint density at radius 1 is 1.12 bits per heavy atom. The van der Waals surface area contributed by atoms with Crippen LogP contribution in [0.15, 0.2) is 42.7 Å². The lowest BCUT2D eigenvalue weighted by molar-refractivity contribution is -0.150. The Labute approximate surface area is 206 Å². The molecule has 2 aromatic rings. The number of anilines is 1. The molecule has 0 atom stereocenters. The van der Waals surface area contributed by atoms with E-state index in [9.17, 15) is 9.90 Å². The number of hydrogen-bond donors (Lipinski definition) is 4. The molecule has 3 heterocycles. The van der Waals surface area contributed by atoms with Crippen LogP contribution < -0.4 is 16.0 Å². The minimum atomic E-state index is -0.747. The highest BCUT2D eigenvalue weighted by Crippen LogP contribution is 2.33. The molecule has 2 aliphatic rings. The standard InChI is InChI=1S/C23H30N6O2.2ClH/c24-22(25)29-10-5-18-2-1-17(13-19(18)15-29)14-27-16-23(21(30)31)6-11-28(12-7-23)20-3-8-26-9-4-20;;/h1-4,8-9,13,27H,5-7,10-12,14-16H2,(H3,24,25)(H,30,31);2*1H. The van der Waals surface area contributed by atoms with Gasteiger partial charge in [0.15, 0.2) is 5.96 Å². The second kappa shape index (κ2) is 11.5. The molecule has 0 saturated carbocycles. The van der Waals surface area contributed by atoms with Crippen LogP contribution in [0.1, 0.15) is 29.5 Å². The minimum absolute atomic E-state index is 0. The van der Waals surface area contributed by atoms with E-state index < -0.39 is 11.4 Å². The second-order valence-corrected chi connectivity index (χ2v) is 8.54. The number of fused-ring (bicyclic) bond motifs is 1. The van der Waals surface area contributed by atoms with Crippen LogP contribution >= 0.6 is 24.8 Å². The molecule has 1 saturated heterocycles. The first-order valence-corrected chi connectivity index (χ1v) is 10.8. The van der Waals surface area contributed by atoms with Crippen molar-refractivity contribution in [3.05, 3.63) is 59.4 Å². The van der Waals surface area contributed by atoms with Crippen LogP contribution in [0.3, 0.4) is 0 Å². The summed E-state index contributed by atoms with van der Waals surface area (Å²) in [4.78, 5) is 20.3. The predicted molar refractivity (Wildman–Crippen MR) is 134 cm³/mol. The molecular formula is C23H32Cl2N6O2. The molecule has 10 heteroatoms. The van der Waals surface area contributed by atoms with Gasteiger partial charge in [0.25, 0.3) is 0 Å². The molecule has 0 unspecified atom stereocenters. The third kappa shape index (κ3) is 6.07. The van der Waals surface area contributed by atoms with Crippen LogP contribution in [0.4, 0.5) is 5.69 Å². The van der Waals surface area contributed by atoms with Crippen LogP contribution in [0.5, 0.6) is 0 Å². The number of pyridine rings is 1. The summed E-state index contributed by atoms with van der Waals surface area (Å²) in [6, 6.07) is 10.3. The fourth-order valence-corrected chi connectivity index (χ4v) is 4.59. The minimum Gasteiger partial charge on any atom is -0.481 e. The summed E-state index contributed by atoms with van der Waals surface area (Å²) in [6.45, 7) is 3.94. The van der Waals surface area contributed by atoms with Gasteiger partial charge in [0.1, 0.15) is 0 Å². The highest BCUT2D eigenvalue weighted by atomic mass is 35.5. The molecule has 8 nitrogen and oxygen atoms in total. The number of guanidine groups is 1. The Morgan fingerprint density at radius 3 is 2.45 bits per heavy atom. The van der Waals surface area contributed by atoms with Crippen molar-refractivity contribution in [1.82, 2.24) is 15.2 Å². The van der Waals surface area contributed by atoms with Crippen molar-refractivity contribution in [2.24, 2.45) is 11.1 Å². The van der Waals surface area contributed by atoms with Crippen molar-refractivity contribution in [3.8, 4) is 0 Å². The summed E-state index contributed by atoms with van der Waals surface area (Å²) in [5.41, 5.74) is 9.61. The third-order valence-electron chi connectivity index (χ3n) is 6.62. The lowest BCUT2D eigenvalue weighted by Crippen LogP contribution is -2.49. The fraction of sp³-hybridized carbons (Fsp3) is 0.435. The van der Waals surface area contributed by atoms with Gasteiger partial charge in [0, 0.05) is 57.3 Å². The lowest BCUT2D eigenvalue weighted by atomic mass is 9.78. The maximum Gasteiger partial charge on any atom is 0.311 e. The topological polar surface area (TPSA) is 119 Å². The van der Waals surface area contributed by atoms with E-state index in [1.165, 1.54) is 11.1 Å². The predicted octanol–water partition coefficient (Wildman–Crippen LogP) is 2.64. The molecule has 33 heavy (non-hydrogen) atoms. The smallest absolute Gasteiger partial charge is 0.311 e. The van der Waals surface area contributed by atoms with Crippen LogP contribution in [-0.4, -0.2) is 53.1 Å². The Hall–Kier alpha value is -2.55. The first-order valence-electron chi connectivity index (χ1n) is 10.8. The highest BCUT2D eigenvalue weighted by Gasteiger charge is 2.41. The number of benzene rings is 1. The summed E-state index contributed by atoms with van der Waals surface area (Å²) in [5.74, 6) is -0.618. The first-order chi connectivity index (χ1) is 15.0. The molecule has 5 N–H and O–H groups in total. The van der Waals surface area contributed by atoms with E-state index >= 15 is 0 Å². The molecule has 2 aliphatic heterocycles. The van der Waals surface area contributed by atoms with E-state index in [0.29, 0.717) is 32.5 Å². The number of aliphatic carboxylic acids is 1. The zero-order valence-corrected chi connectivity index (χ0v) is 20.1. The molecule has 0 aliphatic carbocycles. The number of rotatable bonds is 6. The maximum absolute atomic E-state index is 12.1. The summed E-state index contributed by atoms with van der Waals surface area (Å²) < 4.78 is 0. The lowest BCUT2D eigenvalue weighted by Gasteiger charge is -2.40. The number of piperidine rings is 1. The molecule has 1 aromatic carbocycles. The zero-order valence-electron chi connectivity index (χ0n) is 18.5. The monoisotopic (exact) mass is 494 g/mol. The summed E-state index contributed by atoms with van der Waals surface area (Å²) in [7, 11) is 0. The maximum atomic E-state index is 12.1. The van der Waals surface area contributed by atoms with Gasteiger partial charge in [-0.2, -0.15) is 0 Å². The van der Waals surface area contributed by atoms with Crippen molar-refractivity contribution < 1.29 is 9.90 Å². The summed E-state index contributed by atoms with van der Waals surface area (Å²) >= 11 is 0. The van der Waals surface area contributed by atoms with Crippen molar-refractivity contribution in [2.45, 2.75) is 32.4 Å². The molecule has 0 bridgehead atoms. The molecule has 0 amide bonds. The zero-order chi connectivity index (χ0) is 21.8. The number of nitrogens with one attached hydrogen (secondary N) is 2. The number of aromatic nitrogens is 1. The first kappa shape index (κ1) is 26.7. The number of hydrogen-bond acceptors (Lipinski definition) is 5. The number of nitrogens with zero attached hydrogens (tertiary/aromatic N) is 3. The summed E-state index contributed by atoms with van der Waals surface area (Å²) in [5, 5.41) is 21.0. The molecule has 0 spiro atoms. The van der Waals surface area contributed by atoms with Gasteiger partial charge in [-0.15, -0.1) is 24.8 Å². The molecule has 0 radical (unpaired) electrons.